The third kappa shape index (κ3) is 3.57. The number of hydrogen-bond donors (Lipinski definition) is 2. The van der Waals surface area contributed by atoms with Gasteiger partial charge in [0.15, 0.2) is 17.3 Å². The summed E-state index contributed by atoms with van der Waals surface area (Å²) in [5, 5.41) is 6.02. The first-order valence-corrected chi connectivity index (χ1v) is 7.62. The molecule has 6 nitrogen and oxygen atoms in total. The zero-order valence-electron chi connectivity index (χ0n) is 12.4. The molecule has 1 saturated heterocycles. The van der Waals surface area contributed by atoms with Crippen LogP contribution in [0.1, 0.15) is 23.2 Å². The van der Waals surface area contributed by atoms with Crippen LogP contribution in [-0.2, 0) is 4.79 Å². The fourth-order valence-electron chi connectivity index (χ4n) is 2.43. The Morgan fingerprint density at radius 2 is 1.91 bits per heavy atom. The van der Waals surface area contributed by atoms with Gasteiger partial charge in [-0.1, -0.05) is 0 Å². The molecule has 22 heavy (non-hydrogen) atoms. The number of Topliss-reactive ketones (excluding diaryl/α,β-unsaturated/α-hetero) is 1. The van der Waals surface area contributed by atoms with E-state index in [9.17, 15) is 9.59 Å². The second kappa shape index (κ2) is 6.79. The Labute approximate surface area is 129 Å². The number of nitrogens with one attached hydrogen (secondary N) is 2. The zero-order valence-corrected chi connectivity index (χ0v) is 12.4. The minimum atomic E-state index is -0.0715. The molecule has 1 aromatic carbocycles. The molecule has 0 aliphatic carbocycles. The van der Waals surface area contributed by atoms with Crippen LogP contribution in [0.5, 0.6) is 11.5 Å². The Balaban J connectivity index is 1.47. The van der Waals surface area contributed by atoms with Crippen LogP contribution < -0.4 is 20.1 Å². The molecule has 0 atom stereocenters. The maximum Gasteiger partial charge on any atom is 0.220 e. The molecule has 2 aliphatic heterocycles. The van der Waals surface area contributed by atoms with E-state index in [2.05, 4.69) is 10.6 Å². The first kappa shape index (κ1) is 14.8. The standard InChI is InChI=1S/C16H20N2O4/c19-13(2-4-16(20)18-10-11-8-17-9-11)12-1-3-14-15(7-12)22-6-5-21-14/h1,3,7,11,17H,2,4-6,8-10H2,(H,18,20). The number of ketones is 1. The number of benzene rings is 1. The minimum absolute atomic E-state index is 0.0579. The van der Waals surface area contributed by atoms with Crippen molar-refractivity contribution in [2.45, 2.75) is 12.8 Å². The third-order valence-electron chi connectivity index (χ3n) is 3.90. The smallest absolute Gasteiger partial charge is 0.220 e. The van der Waals surface area contributed by atoms with Gasteiger partial charge in [-0.3, -0.25) is 9.59 Å². The van der Waals surface area contributed by atoms with Crippen molar-refractivity contribution in [3.8, 4) is 11.5 Å². The van der Waals surface area contributed by atoms with Gasteiger partial charge < -0.3 is 20.1 Å². The molecular formula is C16H20N2O4. The molecule has 0 saturated carbocycles. The summed E-state index contributed by atoms with van der Waals surface area (Å²) in [4.78, 5) is 23.9. The fourth-order valence-corrected chi connectivity index (χ4v) is 2.43. The molecule has 0 aromatic heterocycles. The maximum absolute atomic E-state index is 12.2. The molecule has 2 aliphatic rings. The number of carbonyl (C=O) groups is 2. The number of amides is 1. The van der Waals surface area contributed by atoms with Crippen molar-refractivity contribution < 1.29 is 19.1 Å². The van der Waals surface area contributed by atoms with Crippen LogP contribution in [0.4, 0.5) is 0 Å². The molecule has 3 rings (SSSR count). The van der Waals surface area contributed by atoms with Crippen molar-refractivity contribution in [1.82, 2.24) is 10.6 Å². The summed E-state index contributed by atoms with van der Waals surface area (Å²) < 4.78 is 10.9. The lowest BCUT2D eigenvalue weighted by atomic mass is 10.0. The number of ether oxygens (including phenoxy) is 2. The number of fused-ring (bicyclic) bond motifs is 1. The fraction of sp³-hybridized carbons (Fsp3) is 0.500. The molecular weight excluding hydrogens is 284 g/mol. The minimum Gasteiger partial charge on any atom is -0.486 e. The van der Waals surface area contributed by atoms with Gasteiger partial charge in [0.25, 0.3) is 0 Å². The van der Waals surface area contributed by atoms with E-state index in [1.54, 1.807) is 18.2 Å². The second-order valence-electron chi connectivity index (χ2n) is 5.61. The summed E-state index contributed by atoms with van der Waals surface area (Å²) >= 11 is 0. The van der Waals surface area contributed by atoms with Crippen molar-refractivity contribution in [3.63, 3.8) is 0 Å². The summed E-state index contributed by atoms with van der Waals surface area (Å²) in [6.45, 7) is 3.61. The van der Waals surface area contributed by atoms with Gasteiger partial charge in [0.1, 0.15) is 13.2 Å². The van der Waals surface area contributed by atoms with Gasteiger partial charge in [-0.2, -0.15) is 0 Å². The summed E-state index contributed by atoms with van der Waals surface area (Å²) in [5.74, 6) is 1.65. The Hall–Kier alpha value is -2.08. The predicted octanol–water partition coefficient (Wildman–Crippen LogP) is 0.756. The van der Waals surface area contributed by atoms with E-state index in [1.807, 2.05) is 0 Å². The SMILES string of the molecule is O=C(CCC(=O)c1ccc2c(c1)OCCO2)NCC1CNC1. The molecule has 0 bridgehead atoms. The molecule has 118 valence electrons. The Morgan fingerprint density at radius 1 is 1.14 bits per heavy atom. The number of carbonyl (C=O) groups excluding carboxylic acids is 2. The molecule has 0 unspecified atom stereocenters. The monoisotopic (exact) mass is 304 g/mol. The van der Waals surface area contributed by atoms with Gasteiger partial charge in [0.2, 0.25) is 5.91 Å². The quantitative estimate of drug-likeness (QED) is 0.759. The van der Waals surface area contributed by atoms with Crippen LogP contribution in [0.2, 0.25) is 0 Å². The summed E-state index contributed by atoms with van der Waals surface area (Å²) in [7, 11) is 0. The summed E-state index contributed by atoms with van der Waals surface area (Å²) in [6.07, 6.45) is 0.418. The maximum atomic E-state index is 12.2. The largest absolute Gasteiger partial charge is 0.486 e. The van der Waals surface area contributed by atoms with Gasteiger partial charge in [-0.25, -0.2) is 0 Å². The second-order valence-corrected chi connectivity index (χ2v) is 5.61. The topological polar surface area (TPSA) is 76.7 Å². The van der Waals surface area contributed by atoms with Crippen LogP contribution in [-0.4, -0.2) is 44.5 Å². The van der Waals surface area contributed by atoms with Crippen molar-refractivity contribution >= 4 is 11.7 Å². The van der Waals surface area contributed by atoms with Crippen LogP contribution in [0.15, 0.2) is 18.2 Å². The molecule has 0 spiro atoms. The highest BCUT2D eigenvalue weighted by Gasteiger charge is 2.18. The van der Waals surface area contributed by atoms with Crippen molar-refractivity contribution in [2.24, 2.45) is 5.92 Å². The normalized spacial score (nSPS) is 16.7. The highest BCUT2D eigenvalue weighted by molar-refractivity contribution is 5.98. The van der Waals surface area contributed by atoms with E-state index >= 15 is 0 Å². The summed E-state index contributed by atoms with van der Waals surface area (Å²) in [6, 6.07) is 5.15. The molecule has 1 aromatic rings. The summed E-state index contributed by atoms with van der Waals surface area (Å²) in [5.41, 5.74) is 0.556. The van der Waals surface area contributed by atoms with Gasteiger partial charge in [-0.15, -0.1) is 0 Å². The van der Waals surface area contributed by atoms with Gasteiger partial charge in [0.05, 0.1) is 0 Å². The Kier molecular flexibility index (Phi) is 4.58. The average molecular weight is 304 g/mol. The first-order chi connectivity index (χ1) is 10.7. The lowest BCUT2D eigenvalue weighted by Gasteiger charge is -2.27. The number of hydrogen-bond acceptors (Lipinski definition) is 5. The van der Waals surface area contributed by atoms with Crippen molar-refractivity contribution in [3.05, 3.63) is 23.8 Å². The molecule has 1 amide bonds. The number of rotatable bonds is 6. The van der Waals surface area contributed by atoms with Crippen molar-refractivity contribution in [2.75, 3.05) is 32.8 Å². The van der Waals surface area contributed by atoms with Crippen LogP contribution in [0, 0.1) is 5.92 Å². The molecule has 2 N–H and O–H groups in total. The van der Waals surface area contributed by atoms with E-state index in [1.165, 1.54) is 0 Å². The molecule has 1 fully saturated rings. The molecule has 0 radical (unpaired) electrons. The Morgan fingerprint density at radius 3 is 2.64 bits per heavy atom. The third-order valence-corrected chi connectivity index (χ3v) is 3.90. The predicted molar refractivity (Wildman–Crippen MR) is 80.4 cm³/mol. The Bertz CT molecular complexity index is 569. The van der Waals surface area contributed by atoms with E-state index in [4.69, 9.17) is 9.47 Å². The lowest BCUT2D eigenvalue weighted by Crippen LogP contribution is -2.48. The zero-order chi connectivity index (χ0) is 15.4. The average Bonchev–Trinajstić information content (AvgIpc) is 2.50. The van der Waals surface area contributed by atoms with Gasteiger partial charge >= 0.3 is 0 Å². The van der Waals surface area contributed by atoms with Crippen molar-refractivity contribution in [1.29, 1.82) is 0 Å². The van der Waals surface area contributed by atoms with Gasteiger partial charge in [0, 0.05) is 44.0 Å². The lowest BCUT2D eigenvalue weighted by molar-refractivity contribution is -0.121. The van der Waals surface area contributed by atoms with Crippen LogP contribution >= 0.6 is 0 Å². The van der Waals surface area contributed by atoms with Crippen LogP contribution in [0.3, 0.4) is 0 Å². The molecule has 2 heterocycles. The van der Waals surface area contributed by atoms with Crippen LogP contribution in [0.25, 0.3) is 0 Å². The highest BCUT2D eigenvalue weighted by Crippen LogP contribution is 2.31. The van der Waals surface area contributed by atoms with E-state index < -0.39 is 0 Å². The van der Waals surface area contributed by atoms with E-state index in [0.717, 1.165) is 13.1 Å². The highest BCUT2D eigenvalue weighted by atomic mass is 16.6. The van der Waals surface area contributed by atoms with E-state index in [0.29, 0.717) is 42.7 Å². The van der Waals surface area contributed by atoms with Gasteiger partial charge in [-0.05, 0) is 18.2 Å². The van der Waals surface area contributed by atoms with E-state index in [-0.39, 0.29) is 24.5 Å². The first-order valence-electron chi connectivity index (χ1n) is 7.62. The molecule has 6 heteroatoms.